The molecule has 0 aromatic carbocycles. The van der Waals surface area contributed by atoms with Crippen LogP contribution in [0.3, 0.4) is 0 Å². The number of amides is 2. The van der Waals surface area contributed by atoms with Gasteiger partial charge in [0.25, 0.3) is 0 Å². The van der Waals surface area contributed by atoms with Crippen LogP contribution in [0.2, 0.25) is 0 Å². The Balaban J connectivity index is 1.57. The summed E-state index contributed by atoms with van der Waals surface area (Å²) in [5.41, 5.74) is 1.60. The van der Waals surface area contributed by atoms with Gasteiger partial charge in [0.15, 0.2) is 0 Å². The number of aromatic nitrogens is 1. The van der Waals surface area contributed by atoms with Gasteiger partial charge in [-0.1, -0.05) is 6.92 Å². The molecule has 0 aliphatic carbocycles. The fourth-order valence-electron chi connectivity index (χ4n) is 3.76. The summed E-state index contributed by atoms with van der Waals surface area (Å²) >= 11 is 0. The first-order valence-electron chi connectivity index (χ1n) is 8.82. The third-order valence-electron chi connectivity index (χ3n) is 5.09. The quantitative estimate of drug-likeness (QED) is 0.892. The van der Waals surface area contributed by atoms with E-state index in [1.165, 1.54) is 6.42 Å². The number of aryl methyl sites for hydroxylation is 1. The van der Waals surface area contributed by atoms with Gasteiger partial charge in [-0.3, -0.25) is 19.5 Å². The molecule has 0 spiro atoms. The standard InChI is InChI=1S/C18H26N4O2/c1-3-21-8-4-5-16(21)12-22-11-14(10-17(22)23)18(24)20-15-6-7-19-13(2)9-15/h6-7,9,14,16H,3-5,8,10-12H2,1-2H3,(H,19,20,24)/t14-,16+/m1/s1. The Kier molecular flexibility index (Phi) is 5.14. The molecule has 6 heteroatoms. The van der Waals surface area contributed by atoms with Crippen LogP contribution in [0.5, 0.6) is 0 Å². The number of hydrogen-bond acceptors (Lipinski definition) is 4. The normalized spacial score (nSPS) is 24.6. The van der Waals surface area contributed by atoms with Crippen molar-refractivity contribution in [1.82, 2.24) is 14.8 Å². The fraction of sp³-hybridized carbons (Fsp3) is 0.611. The van der Waals surface area contributed by atoms with Crippen molar-refractivity contribution in [3.05, 3.63) is 24.0 Å². The van der Waals surface area contributed by atoms with Crippen LogP contribution in [0, 0.1) is 12.8 Å². The van der Waals surface area contributed by atoms with Crippen molar-refractivity contribution in [2.45, 2.75) is 39.2 Å². The Morgan fingerprint density at radius 3 is 3.04 bits per heavy atom. The maximum absolute atomic E-state index is 12.5. The number of hydrogen-bond donors (Lipinski definition) is 1. The highest BCUT2D eigenvalue weighted by Gasteiger charge is 2.36. The van der Waals surface area contributed by atoms with Crippen molar-refractivity contribution in [2.75, 3.05) is 31.5 Å². The zero-order valence-electron chi connectivity index (χ0n) is 14.5. The van der Waals surface area contributed by atoms with Gasteiger partial charge in [0.1, 0.15) is 0 Å². The maximum Gasteiger partial charge on any atom is 0.229 e. The van der Waals surface area contributed by atoms with E-state index in [1.54, 1.807) is 12.3 Å². The smallest absolute Gasteiger partial charge is 0.229 e. The molecule has 1 aromatic rings. The molecule has 3 heterocycles. The fourth-order valence-corrected chi connectivity index (χ4v) is 3.76. The lowest BCUT2D eigenvalue weighted by Gasteiger charge is -2.27. The molecule has 1 aromatic heterocycles. The van der Waals surface area contributed by atoms with E-state index >= 15 is 0 Å². The minimum atomic E-state index is -0.262. The zero-order chi connectivity index (χ0) is 17.1. The average molecular weight is 330 g/mol. The third kappa shape index (κ3) is 3.75. The predicted molar refractivity (Wildman–Crippen MR) is 92.6 cm³/mol. The molecular formula is C18H26N4O2. The van der Waals surface area contributed by atoms with Crippen LogP contribution < -0.4 is 5.32 Å². The topological polar surface area (TPSA) is 65.5 Å². The highest BCUT2D eigenvalue weighted by atomic mass is 16.2. The Hall–Kier alpha value is -1.95. The molecular weight excluding hydrogens is 304 g/mol. The van der Waals surface area contributed by atoms with Crippen molar-refractivity contribution in [3.63, 3.8) is 0 Å². The Morgan fingerprint density at radius 1 is 1.46 bits per heavy atom. The summed E-state index contributed by atoms with van der Waals surface area (Å²) in [6.07, 6.45) is 4.34. The van der Waals surface area contributed by atoms with E-state index in [2.05, 4.69) is 22.1 Å². The summed E-state index contributed by atoms with van der Waals surface area (Å²) in [4.78, 5) is 33.2. The molecule has 0 unspecified atom stereocenters. The van der Waals surface area contributed by atoms with E-state index in [0.717, 1.165) is 37.4 Å². The highest BCUT2D eigenvalue weighted by Crippen LogP contribution is 2.24. The van der Waals surface area contributed by atoms with E-state index in [1.807, 2.05) is 17.9 Å². The van der Waals surface area contributed by atoms with Crippen LogP contribution in [-0.4, -0.2) is 58.8 Å². The molecule has 24 heavy (non-hydrogen) atoms. The van der Waals surface area contributed by atoms with Crippen molar-refractivity contribution in [2.24, 2.45) is 5.92 Å². The van der Waals surface area contributed by atoms with Gasteiger partial charge in [0, 0.05) is 43.1 Å². The molecule has 0 radical (unpaired) electrons. The van der Waals surface area contributed by atoms with Gasteiger partial charge >= 0.3 is 0 Å². The molecule has 2 fully saturated rings. The van der Waals surface area contributed by atoms with Crippen LogP contribution in [0.15, 0.2) is 18.3 Å². The number of nitrogens with one attached hydrogen (secondary N) is 1. The number of likely N-dealkylation sites (N-methyl/N-ethyl adjacent to an activating group) is 1. The lowest BCUT2D eigenvalue weighted by Crippen LogP contribution is -2.41. The van der Waals surface area contributed by atoms with E-state index in [-0.39, 0.29) is 17.7 Å². The second-order valence-corrected chi connectivity index (χ2v) is 6.80. The van der Waals surface area contributed by atoms with Crippen LogP contribution in [0.25, 0.3) is 0 Å². The molecule has 0 bridgehead atoms. The van der Waals surface area contributed by atoms with Gasteiger partial charge in [-0.2, -0.15) is 0 Å². The van der Waals surface area contributed by atoms with Gasteiger partial charge < -0.3 is 10.2 Å². The van der Waals surface area contributed by atoms with Crippen LogP contribution in [0.4, 0.5) is 5.69 Å². The number of carbonyl (C=O) groups is 2. The molecule has 2 atom stereocenters. The summed E-state index contributed by atoms with van der Waals surface area (Å²) < 4.78 is 0. The number of likely N-dealkylation sites (tertiary alicyclic amines) is 2. The van der Waals surface area contributed by atoms with Gasteiger partial charge in [0.2, 0.25) is 11.8 Å². The van der Waals surface area contributed by atoms with E-state index in [9.17, 15) is 9.59 Å². The SMILES string of the molecule is CCN1CCC[C@H]1CN1C[C@H](C(=O)Nc2ccnc(C)c2)CC1=O. The first-order chi connectivity index (χ1) is 11.6. The molecule has 0 saturated carbocycles. The molecule has 3 rings (SSSR count). The predicted octanol–water partition coefficient (Wildman–Crippen LogP) is 1.66. The summed E-state index contributed by atoms with van der Waals surface area (Å²) in [5, 5.41) is 2.91. The Morgan fingerprint density at radius 2 is 2.29 bits per heavy atom. The maximum atomic E-state index is 12.5. The minimum Gasteiger partial charge on any atom is -0.340 e. The lowest BCUT2D eigenvalue weighted by molar-refractivity contribution is -0.128. The first kappa shape index (κ1) is 16.9. The second kappa shape index (κ2) is 7.30. The van der Waals surface area contributed by atoms with E-state index in [4.69, 9.17) is 0 Å². The van der Waals surface area contributed by atoms with Crippen LogP contribution in [-0.2, 0) is 9.59 Å². The van der Waals surface area contributed by atoms with Crippen molar-refractivity contribution in [1.29, 1.82) is 0 Å². The van der Waals surface area contributed by atoms with Gasteiger partial charge in [0.05, 0.1) is 5.92 Å². The van der Waals surface area contributed by atoms with Crippen molar-refractivity contribution >= 4 is 17.5 Å². The average Bonchev–Trinajstić information content (AvgIpc) is 3.14. The summed E-state index contributed by atoms with van der Waals surface area (Å²) in [6.45, 7) is 7.48. The highest BCUT2D eigenvalue weighted by molar-refractivity contribution is 5.97. The number of pyridine rings is 1. The molecule has 1 N–H and O–H groups in total. The Bertz CT molecular complexity index is 619. The monoisotopic (exact) mass is 330 g/mol. The first-order valence-corrected chi connectivity index (χ1v) is 8.82. The molecule has 2 aliphatic rings. The van der Waals surface area contributed by atoms with E-state index < -0.39 is 0 Å². The van der Waals surface area contributed by atoms with Gasteiger partial charge in [-0.05, 0) is 45.0 Å². The molecule has 2 aliphatic heterocycles. The second-order valence-electron chi connectivity index (χ2n) is 6.80. The van der Waals surface area contributed by atoms with Crippen molar-refractivity contribution in [3.8, 4) is 0 Å². The van der Waals surface area contributed by atoms with Crippen LogP contribution >= 0.6 is 0 Å². The third-order valence-corrected chi connectivity index (χ3v) is 5.09. The van der Waals surface area contributed by atoms with Crippen LogP contribution in [0.1, 0.15) is 31.9 Å². The number of nitrogens with zero attached hydrogens (tertiary/aromatic N) is 3. The van der Waals surface area contributed by atoms with Gasteiger partial charge in [-0.25, -0.2) is 0 Å². The largest absolute Gasteiger partial charge is 0.340 e. The molecule has 130 valence electrons. The summed E-state index contributed by atoms with van der Waals surface area (Å²) in [6, 6.07) is 4.06. The number of anilines is 1. The molecule has 2 saturated heterocycles. The summed E-state index contributed by atoms with van der Waals surface area (Å²) in [7, 11) is 0. The van der Waals surface area contributed by atoms with Crippen molar-refractivity contribution < 1.29 is 9.59 Å². The molecule has 6 nitrogen and oxygen atoms in total. The molecule has 2 amide bonds. The minimum absolute atomic E-state index is 0.0739. The van der Waals surface area contributed by atoms with Gasteiger partial charge in [-0.15, -0.1) is 0 Å². The zero-order valence-corrected chi connectivity index (χ0v) is 14.5. The number of rotatable bonds is 5. The number of carbonyl (C=O) groups excluding carboxylic acids is 2. The lowest BCUT2D eigenvalue weighted by atomic mass is 10.1. The summed E-state index contributed by atoms with van der Waals surface area (Å²) in [5.74, 6) is -0.235. The van der Waals surface area contributed by atoms with E-state index in [0.29, 0.717) is 19.0 Å². The Labute approximate surface area is 143 Å².